The zero-order valence-corrected chi connectivity index (χ0v) is 29.4. The average Bonchev–Trinajstić information content (AvgIpc) is 2.96. The molecule has 41 heavy (non-hydrogen) atoms. The number of rotatable bonds is 36. The third-order valence-corrected chi connectivity index (χ3v) is 9.21. The molecule has 5 heteroatoms. The van der Waals surface area contributed by atoms with E-state index in [-0.39, 0.29) is 6.15 Å². The van der Waals surface area contributed by atoms with Crippen molar-refractivity contribution in [1.82, 2.24) is 6.15 Å². The Labute approximate surface area is 260 Å². The molecule has 0 bridgehead atoms. The third kappa shape index (κ3) is 40.3. The number of hydrogen-bond acceptors (Lipinski definition) is 4. The molecule has 4 nitrogen and oxygen atoms in total. The van der Waals surface area contributed by atoms with Gasteiger partial charge >= 0.3 is 8.60 Å². The van der Waals surface area contributed by atoms with E-state index < -0.39 is 8.60 Å². The van der Waals surface area contributed by atoms with E-state index in [1.165, 1.54) is 193 Å². The molecule has 0 amide bonds. The van der Waals surface area contributed by atoms with Crippen molar-refractivity contribution in [2.45, 2.75) is 219 Å². The monoisotopic (exact) mass is 604 g/mol. The van der Waals surface area contributed by atoms with Crippen LogP contribution in [0, 0.1) is 0 Å². The molecule has 0 aliphatic heterocycles. The molecule has 0 aromatic heterocycles. The summed E-state index contributed by atoms with van der Waals surface area (Å²) in [7, 11) is -1.67. The average molecular weight is 604 g/mol. The Morgan fingerprint density at radius 3 is 0.683 bits per heavy atom. The minimum atomic E-state index is -1.67. The summed E-state index contributed by atoms with van der Waals surface area (Å²) in [6.07, 6.45) is 44.0. The highest BCUT2D eigenvalue weighted by atomic mass is 31.2. The first-order chi connectivity index (χ1) is 19.8. The highest BCUT2D eigenvalue weighted by Crippen LogP contribution is 2.33. The molecule has 0 saturated carbocycles. The molecule has 0 aliphatic carbocycles. The first-order valence-corrected chi connectivity index (χ1v) is 19.7. The molecule has 4 N–H and O–H groups in total. The second kappa shape index (κ2) is 40.3. The molecule has 0 aromatic carbocycles. The zero-order valence-electron chi connectivity index (χ0n) is 28.5. The maximum atomic E-state index is 9.92. The fraction of sp³-hybridized carbons (Fsp3) is 1.00. The lowest BCUT2D eigenvalue weighted by Crippen LogP contribution is -1.95. The van der Waals surface area contributed by atoms with Crippen LogP contribution in [0.25, 0.3) is 0 Å². The van der Waals surface area contributed by atoms with Gasteiger partial charge in [-0.15, -0.1) is 0 Å². The van der Waals surface area contributed by atoms with Gasteiger partial charge in [-0.3, -0.25) is 0 Å². The molecule has 0 fully saturated rings. The topological polar surface area (TPSA) is 73.7 Å². The summed E-state index contributed by atoms with van der Waals surface area (Å²) < 4.78 is 11.0. The van der Waals surface area contributed by atoms with Crippen LogP contribution in [0.15, 0.2) is 0 Å². The Bertz CT molecular complexity index is 403. The largest absolute Gasteiger partial charge is 0.344 e. The molecule has 0 aliphatic rings. The summed E-state index contributed by atoms with van der Waals surface area (Å²) in [5.74, 6) is 0. The van der Waals surface area contributed by atoms with Gasteiger partial charge in [-0.2, -0.15) is 0 Å². The first-order valence-electron chi connectivity index (χ1n) is 18.6. The summed E-state index contributed by atoms with van der Waals surface area (Å²) >= 11 is 0. The predicted molar refractivity (Wildman–Crippen MR) is 185 cm³/mol. The van der Waals surface area contributed by atoms with Gasteiger partial charge in [0.2, 0.25) is 0 Å². The van der Waals surface area contributed by atoms with Crippen LogP contribution in [0.2, 0.25) is 0 Å². The summed E-state index contributed by atoms with van der Waals surface area (Å²) in [6, 6.07) is 0. The molecular formula is C36H78NO3P. The van der Waals surface area contributed by atoms with Crippen molar-refractivity contribution in [2.24, 2.45) is 0 Å². The van der Waals surface area contributed by atoms with Gasteiger partial charge < -0.3 is 20.1 Å². The van der Waals surface area contributed by atoms with Gasteiger partial charge in [0, 0.05) is 0 Å². The molecule has 0 rings (SSSR count). The smallest absolute Gasteiger partial charge is 0.329 e. The lowest BCUT2D eigenvalue weighted by Gasteiger charge is -2.10. The van der Waals surface area contributed by atoms with Crippen molar-refractivity contribution in [3.05, 3.63) is 0 Å². The van der Waals surface area contributed by atoms with E-state index in [0.29, 0.717) is 13.2 Å². The Hall–Kier alpha value is 0.270. The normalized spacial score (nSPS) is 11.4. The van der Waals surface area contributed by atoms with E-state index in [2.05, 4.69) is 13.8 Å². The number of unbranched alkanes of at least 4 members (excludes halogenated alkanes) is 30. The van der Waals surface area contributed by atoms with Gasteiger partial charge in [-0.25, -0.2) is 0 Å². The quantitative estimate of drug-likeness (QED) is 0.0552. The molecule has 250 valence electrons. The van der Waals surface area contributed by atoms with Crippen molar-refractivity contribution in [3.63, 3.8) is 0 Å². The summed E-state index contributed by atoms with van der Waals surface area (Å²) in [4.78, 5) is 9.92. The summed E-state index contributed by atoms with van der Waals surface area (Å²) in [6.45, 7) is 5.86. The van der Waals surface area contributed by atoms with Crippen LogP contribution in [-0.2, 0) is 9.05 Å². The van der Waals surface area contributed by atoms with Crippen LogP contribution >= 0.6 is 8.60 Å². The van der Waals surface area contributed by atoms with Gasteiger partial charge in [-0.1, -0.05) is 206 Å². The van der Waals surface area contributed by atoms with E-state index >= 15 is 0 Å². The molecule has 0 aromatic rings. The van der Waals surface area contributed by atoms with E-state index in [0.717, 1.165) is 12.8 Å². The molecule has 0 heterocycles. The molecular weight excluding hydrogens is 525 g/mol. The maximum Gasteiger partial charge on any atom is 0.329 e. The predicted octanol–water partition coefficient (Wildman–Crippen LogP) is 13.9. The molecule has 0 atom stereocenters. The van der Waals surface area contributed by atoms with Crippen LogP contribution in [0.4, 0.5) is 0 Å². The van der Waals surface area contributed by atoms with E-state index in [9.17, 15) is 4.89 Å². The van der Waals surface area contributed by atoms with Crippen LogP contribution < -0.4 is 6.15 Å². The Morgan fingerprint density at radius 2 is 0.488 bits per heavy atom. The van der Waals surface area contributed by atoms with Crippen molar-refractivity contribution in [1.29, 1.82) is 0 Å². The third-order valence-electron chi connectivity index (χ3n) is 8.40. The van der Waals surface area contributed by atoms with Crippen LogP contribution in [0.1, 0.15) is 219 Å². The van der Waals surface area contributed by atoms with E-state index in [1.54, 1.807) is 0 Å². The zero-order chi connectivity index (χ0) is 29.0. The molecule has 0 saturated heterocycles. The van der Waals surface area contributed by atoms with Crippen LogP contribution in [0.5, 0.6) is 0 Å². The lowest BCUT2D eigenvalue weighted by atomic mass is 10.0. The highest BCUT2D eigenvalue weighted by molar-refractivity contribution is 7.40. The Balaban J connectivity index is 0. The fourth-order valence-corrected chi connectivity index (χ4v) is 6.27. The van der Waals surface area contributed by atoms with Crippen LogP contribution in [-0.4, -0.2) is 18.1 Å². The molecule has 0 unspecified atom stereocenters. The molecule has 0 radical (unpaired) electrons. The van der Waals surface area contributed by atoms with Crippen molar-refractivity contribution in [2.75, 3.05) is 13.2 Å². The van der Waals surface area contributed by atoms with Crippen LogP contribution in [0.3, 0.4) is 0 Å². The standard InChI is InChI=1S/C36H75O3P.H3N/c1-3-5-7-9-11-13-15-17-19-21-23-25-27-29-31-33-35-38-40(37)39-36-34-32-30-28-26-24-22-20-18-16-14-12-10-8-6-4-2;/h37H,3-36H2,1-2H3;1H3. The fourth-order valence-electron chi connectivity index (χ4n) is 5.62. The van der Waals surface area contributed by atoms with Crippen molar-refractivity contribution >= 4 is 8.60 Å². The van der Waals surface area contributed by atoms with Gasteiger partial charge in [-0.05, 0) is 12.8 Å². The summed E-state index contributed by atoms with van der Waals surface area (Å²) in [5.41, 5.74) is 0. The molecule has 0 spiro atoms. The summed E-state index contributed by atoms with van der Waals surface area (Å²) in [5, 5.41) is 0. The van der Waals surface area contributed by atoms with Gasteiger partial charge in [0.1, 0.15) is 0 Å². The van der Waals surface area contributed by atoms with Crippen molar-refractivity contribution < 1.29 is 13.9 Å². The minimum absolute atomic E-state index is 0. The van der Waals surface area contributed by atoms with Crippen molar-refractivity contribution in [3.8, 4) is 0 Å². The van der Waals surface area contributed by atoms with Gasteiger partial charge in [0.05, 0.1) is 13.2 Å². The highest BCUT2D eigenvalue weighted by Gasteiger charge is 2.06. The Kier molecular flexibility index (Phi) is 42.6. The van der Waals surface area contributed by atoms with Gasteiger partial charge in [0.15, 0.2) is 0 Å². The second-order valence-electron chi connectivity index (χ2n) is 12.5. The van der Waals surface area contributed by atoms with E-state index in [4.69, 9.17) is 9.05 Å². The van der Waals surface area contributed by atoms with Gasteiger partial charge in [0.25, 0.3) is 0 Å². The SMILES string of the molecule is CCCCCCCCCCCCCCCCCCOP(O)OCCCCCCCCCCCCCCCCCC.N. The minimum Gasteiger partial charge on any atom is -0.344 e. The lowest BCUT2D eigenvalue weighted by molar-refractivity contribution is 0.193. The first kappa shape index (κ1) is 43.4. The van der Waals surface area contributed by atoms with E-state index in [1.807, 2.05) is 0 Å². The Morgan fingerprint density at radius 1 is 0.317 bits per heavy atom. The number of hydrogen-bond donors (Lipinski definition) is 2. The second-order valence-corrected chi connectivity index (χ2v) is 13.5. The maximum absolute atomic E-state index is 9.92.